The minimum absolute atomic E-state index is 0.646. The van der Waals surface area contributed by atoms with Gasteiger partial charge in [0.25, 0.3) is 0 Å². The molecule has 0 fully saturated rings. The summed E-state index contributed by atoms with van der Waals surface area (Å²) in [6, 6.07) is 112. The molecule has 0 amide bonds. The molecule has 0 spiro atoms. The first-order chi connectivity index (χ1) is 41.5. The summed E-state index contributed by atoms with van der Waals surface area (Å²) in [5, 5.41) is 6.14. The largest absolute Gasteiger partial charge is 0.456 e. The van der Waals surface area contributed by atoms with E-state index < -0.39 is 0 Å². The smallest absolute Gasteiger partial charge is 0.198 e. The van der Waals surface area contributed by atoms with Gasteiger partial charge in [0.1, 0.15) is 11.2 Å². The van der Waals surface area contributed by atoms with Crippen LogP contribution in [0.1, 0.15) is 5.56 Å². The van der Waals surface area contributed by atoms with Crippen molar-refractivity contribution in [3.8, 4) is 66.8 Å². The van der Waals surface area contributed by atoms with Crippen LogP contribution in [0.3, 0.4) is 0 Å². The van der Waals surface area contributed by atoms with Crippen LogP contribution in [0.4, 0.5) is 45.5 Å². The van der Waals surface area contributed by atoms with Gasteiger partial charge >= 0.3 is 0 Å². The Balaban J connectivity index is 0.966. The first-order valence-electron chi connectivity index (χ1n) is 28.8. The standard InChI is InChI=1S/C79H56BN3O/c1-53-48-62(57-26-13-5-14-27-57)39-46-73(53)83-74-47-44-67(82(65-40-34-59(35-41-65)54-20-7-2-8-21-54)66-42-36-60(37-43-66)55-22-9-3-10-23-55)51-71(74)80-78-70(52-76-77(79(78)83)68-32-17-18-33-75(68)84-76)69-50-63(58-28-15-6-16-29-58)38-45-72(69)81-64-31-19-30-61(49-64)56-24-11-4-12-25-56/h2-52,80-81H,1H3. The highest BCUT2D eigenvalue weighted by Gasteiger charge is 2.34. The van der Waals surface area contributed by atoms with Crippen LogP contribution in [0.2, 0.25) is 0 Å². The molecule has 0 aliphatic carbocycles. The summed E-state index contributed by atoms with van der Waals surface area (Å²) in [5.41, 5.74) is 27.7. The summed E-state index contributed by atoms with van der Waals surface area (Å²) < 4.78 is 7.07. The maximum absolute atomic E-state index is 7.07. The molecule has 0 saturated heterocycles. The predicted octanol–water partition coefficient (Wildman–Crippen LogP) is 20.3. The molecule has 1 aliphatic rings. The van der Waals surface area contributed by atoms with Crippen molar-refractivity contribution in [3.63, 3.8) is 0 Å². The number of para-hydroxylation sites is 1. The molecule has 5 heteroatoms. The molecule has 13 aromatic carbocycles. The molecule has 4 nitrogen and oxygen atoms in total. The average molecular weight is 1070 g/mol. The van der Waals surface area contributed by atoms with Gasteiger partial charge in [0, 0.05) is 50.8 Å². The minimum Gasteiger partial charge on any atom is -0.456 e. The average Bonchev–Trinajstić information content (AvgIpc) is 1.39. The van der Waals surface area contributed by atoms with Crippen molar-refractivity contribution < 1.29 is 4.42 Å². The lowest BCUT2D eigenvalue weighted by molar-refractivity contribution is 0.669. The van der Waals surface area contributed by atoms with E-state index in [-0.39, 0.29) is 0 Å². The number of nitrogens with one attached hydrogen (secondary N) is 1. The van der Waals surface area contributed by atoms with Gasteiger partial charge in [-0.15, -0.1) is 0 Å². The highest BCUT2D eigenvalue weighted by atomic mass is 16.3. The molecule has 1 aromatic heterocycles. The topological polar surface area (TPSA) is 31.6 Å². The molecule has 0 saturated carbocycles. The van der Waals surface area contributed by atoms with Crippen LogP contribution in [0.25, 0.3) is 88.7 Å². The molecule has 0 bridgehead atoms. The number of anilines is 8. The summed E-state index contributed by atoms with van der Waals surface area (Å²) in [6.45, 7) is 2.26. The van der Waals surface area contributed by atoms with Crippen molar-refractivity contribution >= 4 is 85.6 Å². The monoisotopic (exact) mass is 1070 g/mol. The number of furan rings is 1. The third kappa shape index (κ3) is 9.38. The number of nitrogens with zero attached hydrogens (tertiary/aromatic N) is 2. The van der Waals surface area contributed by atoms with E-state index in [1.165, 1.54) is 49.9 Å². The van der Waals surface area contributed by atoms with E-state index in [9.17, 15) is 0 Å². The summed E-state index contributed by atoms with van der Waals surface area (Å²) in [5.74, 6) is 0. The Labute approximate surface area is 491 Å². The molecule has 84 heavy (non-hydrogen) atoms. The van der Waals surface area contributed by atoms with Gasteiger partial charge in [0.05, 0.1) is 11.1 Å². The van der Waals surface area contributed by atoms with Crippen molar-refractivity contribution in [1.29, 1.82) is 0 Å². The van der Waals surface area contributed by atoms with E-state index in [1.54, 1.807) is 0 Å². The van der Waals surface area contributed by atoms with Gasteiger partial charge in [-0.2, -0.15) is 0 Å². The van der Waals surface area contributed by atoms with Crippen LogP contribution in [0, 0.1) is 6.92 Å². The second-order valence-electron chi connectivity index (χ2n) is 21.8. The minimum atomic E-state index is 0.646. The van der Waals surface area contributed by atoms with Gasteiger partial charge < -0.3 is 19.5 Å². The fraction of sp³-hybridized carbons (Fsp3) is 0.0127. The summed E-state index contributed by atoms with van der Waals surface area (Å²) in [6.07, 6.45) is 0. The van der Waals surface area contributed by atoms with E-state index in [4.69, 9.17) is 4.42 Å². The molecular weight excluding hydrogens is 1020 g/mol. The summed E-state index contributed by atoms with van der Waals surface area (Å²) in [7, 11) is 0.646. The Bertz CT molecular complexity index is 4620. The SMILES string of the molecule is Cc1cc(-c2ccccc2)ccc1N1c2ccc(N(c3ccc(-c4ccccc4)cc3)c3ccc(-c4ccccc4)cc3)cc2Bc2c(-c3cc(-c4ccccc4)ccc3Nc3cccc(-c4ccccc4)c3)cc3oc4ccccc4c3c21. The number of hydrogen-bond acceptors (Lipinski definition) is 4. The first kappa shape index (κ1) is 50.1. The number of fused-ring (bicyclic) bond motifs is 6. The molecule has 1 N–H and O–H groups in total. The Hall–Kier alpha value is -10.9. The van der Waals surface area contributed by atoms with Crippen LogP contribution >= 0.6 is 0 Å². The summed E-state index contributed by atoms with van der Waals surface area (Å²) in [4.78, 5) is 4.95. The summed E-state index contributed by atoms with van der Waals surface area (Å²) >= 11 is 0. The predicted molar refractivity (Wildman–Crippen MR) is 357 cm³/mol. The fourth-order valence-electron chi connectivity index (χ4n) is 12.5. The van der Waals surface area contributed by atoms with Crippen molar-refractivity contribution in [1.82, 2.24) is 0 Å². The Morgan fingerprint density at radius 2 is 0.821 bits per heavy atom. The van der Waals surface area contributed by atoms with E-state index >= 15 is 0 Å². The van der Waals surface area contributed by atoms with Crippen molar-refractivity contribution in [3.05, 3.63) is 315 Å². The molecule has 2 heterocycles. The van der Waals surface area contributed by atoms with Gasteiger partial charge in [0.2, 0.25) is 0 Å². The normalized spacial score (nSPS) is 11.7. The molecule has 396 valence electrons. The van der Waals surface area contributed by atoms with E-state index in [1.807, 2.05) is 0 Å². The maximum Gasteiger partial charge on any atom is 0.198 e. The molecule has 1 aliphatic heterocycles. The van der Waals surface area contributed by atoms with Crippen molar-refractivity contribution in [2.45, 2.75) is 6.92 Å². The quantitative estimate of drug-likeness (QED) is 0.124. The van der Waals surface area contributed by atoms with Crippen molar-refractivity contribution in [2.24, 2.45) is 0 Å². The van der Waals surface area contributed by atoms with Gasteiger partial charge in [-0.25, -0.2) is 0 Å². The van der Waals surface area contributed by atoms with Crippen LogP contribution in [-0.2, 0) is 0 Å². The molecule has 15 rings (SSSR count). The van der Waals surface area contributed by atoms with Crippen LogP contribution in [-0.4, -0.2) is 7.28 Å². The zero-order chi connectivity index (χ0) is 55.9. The lowest BCUT2D eigenvalue weighted by atomic mass is 9.57. The fourth-order valence-corrected chi connectivity index (χ4v) is 12.5. The Kier molecular flexibility index (Phi) is 12.9. The van der Waals surface area contributed by atoms with Gasteiger partial charge in [-0.05, 0) is 170 Å². The zero-order valence-corrected chi connectivity index (χ0v) is 46.5. The van der Waals surface area contributed by atoms with Crippen LogP contribution in [0.5, 0.6) is 0 Å². The van der Waals surface area contributed by atoms with Crippen LogP contribution in [0.15, 0.2) is 314 Å². The lowest BCUT2D eigenvalue weighted by Gasteiger charge is -2.37. The van der Waals surface area contributed by atoms with E-state index in [0.29, 0.717) is 7.28 Å². The molecule has 0 radical (unpaired) electrons. The second-order valence-corrected chi connectivity index (χ2v) is 21.8. The number of aryl methyl sites for hydroxylation is 1. The van der Waals surface area contributed by atoms with Gasteiger partial charge in [-0.3, -0.25) is 0 Å². The number of hydrogen-bond donors (Lipinski definition) is 1. The molecule has 0 unspecified atom stereocenters. The highest BCUT2D eigenvalue weighted by Crippen LogP contribution is 2.49. The van der Waals surface area contributed by atoms with E-state index in [2.05, 4.69) is 331 Å². The lowest BCUT2D eigenvalue weighted by Crippen LogP contribution is -2.41. The molecular formula is C79H56BN3O. The van der Waals surface area contributed by atoms with E-state index in [0.717, 1.165) is 101 Å². The third-order valence-electron chi connectivity index (χ3n) is 16.6. The Morgan fingerprint density at radius 3 is 1.40 bits per heavy atom. The van der Waals surface area contributed by atoms with Gasteiger partial charge in [0.15, 0.2) is 7.28 Å². The zero-order valence-electron chi connectivity index (χ0n) is 46.5. The number of rotatable bonds is 12. The maximum atomic E-state index is 7.07. The van der Waals surface area contributed by atoms with Crippen molar-refractivity contribution in [2.75, 3.05) is 15.1 Å². The van der Waals surface area contributed by atoms with Gasteiger partial charge in [-0.1, -0.05) is 224 Å². The number of benzene rings is 13. The molecule has 14 aromatic rings. The molecule has 0 atom stereocenters. The second kappa shape index (κ2) is 21.5. The first-order valence-corrected chi connectivity index (χ1v) is 28.8. The van der Waals surface area contributed by atoms with Crippen LogP contribution < -0.4 is 26.0 Å². The Morgan fingerprint density at radius 1 is 0.357 bits per heavy atom. The third-order valence-corrected chi connectivity index (χ3v) is 16.6. The highest BCUT2D eigenvalue weighted by molar-refractivity contribution is 6.74.